The number of benzene rings is 3. The summed E-state index contributed by atoms with van der Waals surface area (Å²) in [5.74, 6) is 0.178. The summed E-state index contributed by atoms with van der Waals surface area (Å²) in [6.45, 7) is 0.254. The van der Waals surface area contributed by atoms with Crippen molar-refractivity contribution in [1.82, 2.24) is 0 Å². The molecule has 0 aromatic heterocycles. The van der Waals surface area contributed by atoms with Crippen molar-refractivity contribution in [2.75, 3.05) is 5.32 Å². The lowest BCUT2D eigenvalue weighted by molar-refractivity contribution is -0.137. The van der Waals surface area contributed by atoms with Gasteiger partial charge in [0.25, 0.3) is 5.91 Å². The number of hydrogen-bond acceptors (Lipinski definition) is 2. The van der Waals surface area contributed by atoms with Crippen molar-refractivity contribution in [3.8, 4) is 5.75 Å². The number of fused-ring (bicyclic) bond motifs is 1. The molecule has 164 valence electrons. The number of rotatable bonds is 4. The summed E-state index contributed by atoms with van der Waals surface area (Å²) in [7, 11) is 0. The van der Waals surface area contributed by atoms with Crippen molar-refractivity contribution in [2.45, 2.75) is 12.8 Å². The van der Waals surface area contributed by atoms with Gasteiger partial charge in [0.15, 0.2) is 0 Å². The lowest BCUT2D eigenvalue weighted by Gasteiger charge is -2.10. The smallest absolute Gasteiger partial charge is 0.416 e. The quantitative estimate of drug-likeness (QED) is 0.250. The maximum Gasteiger partial charge on any atom is 0.416 e. The summed E-state index contributed by atoms with van der Waals surface area (Å²) in [4.78, 5) is 12.4. The Morgan fingerprint density at radius 3 is 2.50 bits per heavy atom. The summed E-state index contributed by atoms with van der Waals surface area (Å²) >= 11 is 14.2. The van der Waals surface area contributed by atoms with Crippen LogP contribution >= 0.6 is 45.8 Å². The zero-order valence-corrected chi connectivity index (χ0v) is 19.7. The minimum absolute atomic E-state index is 0.144. The van der Waals surface area contributed by atoms with Gasteiger partial charge in [0.1, 0.15) is 12.4 Å². The second-order valence-corrected chi connectivity index (χ2v) is 8.99. The molecule has 3 aromatic carbocycles. The van der Waals surface area contributed by atoms with Gasteiger partial charge in [-0.15, -0.1) is 0 Å². The lowest BCUT2D eigenvalue weighted by atomic mass is 10.0. The number of halogens is 6. The van der Waals surface area contributed by atoms with E-state index in [1.165, 1.54) is 6.07 Å². The van der Waals surface area contributed by atoms with Crippen LogP contribution in [0.25, 0.3) is 11.6 Å². The van der Waals surface area contributed by atoms with Crippen LogP contribution in [0.1, 0.15) is 22.3 Å². The van der Waals surface area contributed by atoms with Gasteiger partial charge in [0.2, 0.25) is 0 Å². The molecule has 0 saturated heterocycles. The number of ether oxygens (including phenoxy) is 1. The zero-order valence-electron chi connectivity index (χ0n) is 16.1. The van der Waals surface area contributed by atoms with Crippen LogP contribution in [-0.2, 0) is 17.6 Å². The molecular weight excluding hydrogens is 577 g/mol. The molecule has 3 nitrogen and oxygen atoms in total. The first kappa shape index (κ1) is 22.9. The summed E-state index contributed by atoms with van der Waals surface area (Å²) in [5, 5.41) is 3.55. The summed E-state index contributed by atoms with van der Waals surface area (Å²) < 4.78 is 45.5. The molecule has 3 aromatic rings. The van der Waals surface area contributed by atoms with Crippen LogP contribution in [-0.4, -0.2) is 5.91 Å². The number of anilines is 1. The predicted octanol–water partition coefficient (Wildman–Crippen LogP) is 7.69. The maximum absolute atomic E-state index is 12.9. The van der Waals surface area contributed by atoms with Crippen LogP contribution in [0.15, 0.2) is 54.6 Å². The molecule has 0 fully saturated rings. The molecule has 0 bridgehead atoms. The lowest BCUT2D eigenvalue weighted by Crippen LogP contribution is -2.06. The van der Waals surface area contributed by atoms with E-state index in [0.29, 0.717) is 32.5 Å². The topological polar surface area (TPSA) is 38.3 Å². The standard InChI is InChI=1S/C23H13Cl2F3INO2/c24-15-4-2-13(18(25)10-15)11-32-21-6-1-12(8-19(21)29)7-17-16-5-3-14(23(26,27)28)9-20(16)30-22(17)31/h1-10H,11H2,(H,30,31)/b17-7-. The van der Waals surface area contributed by atoms with E-state index in [9.17, 15) is 18.0 Å². The molecule has 1 N–H and O–H groups in total. The van der Waals surface area contributed by atoms with E-state index < -0.39 is 17.6 Å². The molecule has 1 heterocycles. The van der Waals surface area contributed by atoms with Crippen molar-refractivity contribution in [1.29, 1.82) is 0 Å². The van der Waals surface area contributed by atoms with E-state index in [1.54, 1.807) is 36.4 Å². The highest BCUT2D eigenvalue weighted by molar-refractivity contribution is 14.1. The zero-order chi connectivity index (χ0) is 23.0. The fourth-order valence-corrected chi connectivity index (χ4v) is 4.36. The van der Waals surface area contributed by atoms with Crippen LogP contribution in [0.4, 0.5) is 18.9 Å². The van der Waals surface area contributed by atoms with E-state index in [0.717, 1.165) is 21.3 Å². The van der Waals surface area contributed by atoms with Gasteiger partial charge in [-0.1, -0.05) is 41.4 Å². The van der Waals surface area contributed by atoms with Gasteiger partial charge in [0, 0.05) is 32.4 Å². The molecule has 0 radical (unpaired) electrons. The highest BCUT2D eigenvalue weighted by atomic mass is 127. The van der Waals surface area contributed by atoms with Gasteiger partial charge >= 0.3 is 6.18 Å². The molecule has 0 unspecified atom stereocenters. The molecule has 32 heavy (non-hydrogen) atoms. The molecule has 0 atom stereocenters. The number of amides is 1. The second kappa shape index (κ2) is 8.96. The predicted molar refractivity (Wildman–Crippen MR) is 128 cm³/mol. The highest BCUT2D eigenvalue weighted by Gasteiger charge is 2.33. The molecule has 0 spiro atoms. The summed E-state index contributed by atoms with van der Waals surface area (Å²) in [5.41, 5.74) is 1.56. The number of carbonyl (C=O) groups is 1. The van der Waals surface area contributed by atoms with Crippen LogP contribution in [0.3, 0.4) is 0 Å². The molecule has 1 aliphatic rings. The van der Waals surface area contributed by atoms with Gasteiger partial charge in [-0.2, -0.15) is 13.2 Å². The van der Waals surface area contributed by atoms with E-state index >= 15 is 0 Å². The molecule has 1 amide bonds. The average molecular weight is 590 g/mol. The second-order valence-electron chi connectivity index (χ2n) is 6.98. The molecule has 0 aliphatic carbocycles. The normalized spacial score (nSPS) is 14.4. The Bertz CT molecular complexity index is 1260. The first-order valence-electron chi connectivity index (χ1n) is 9.23. The Morgan fingerprint density at radius 2 is 1.81 bits per heavy atom. The van der Waals surface area contributed by atoms with Crippen LogP contribution < -0.4 is 10.1 Å². The van der Waals surface area contributed by atoms with Crippen molar-refractivity contribution in [2.24, 2.45) is 0 Å². The fourth-order valence-electron chi connectivity index (χ4n) is 3.20. The fraction of sp³-hybridized carbons (Fsp3) is 0.0870. The largest absolute Gasteiger partial charge is 0.488 e. The number of carbonyl (C=O) groups excluding carboxylic acids is 1. The first-order chi connectivity index (χ1) is 15.1. The molecule has 1 aliphatic heterocycles. The average Bonchev–Trinajstić information content (AvgIpc) is 3.02. The van der Waals surface area contributed by atoms with Crippen molar-refractivity contribution >= 4 is 69.0 Å². The number of nitrogens with one attached hydrogen (secondary N) is 1. The third-order valence-corrected chi connectivity index (χ3v) is 6.23. The monoisotopic (exact) mass is 589 g/mol. The van der Waals surface area contributed by atoms with Crippen molar-refractivity contribution < 1.29 is 22.7 Å². The molecule has 4 rings (SSSR count). The van der Waals surface area contributed by atoms with Gasteiger partial charge in [-0.25, -0.2) is 0 Å². The van der Waals surface area contributed by atoms with Crippen LogP contribution in [0.5, 0.6) is 5.75 Å². The van der Waals surface area contributed by atoms with Gasteiger partial charge in [-0.3, -0.25) is 4.79 Å². The first-order valence-corrected chi connectivity index (χ1v) is 11.1. The van der Waals surface area contributed by atoms with Crippen LogP contribution in [0.2, 0.25) is 10.0 Å². The Balaban J connectivity index is 1.55. The maximum atomic E-state index is 12.9. The van der Waals surface area contributed by atoms with Gasteiger partial charge < -0.3 is 10.1 Å². The van der Waals surface area contributed by atoms with E-state index in [2.05, 4.69) is 27.9 Å². The Morgan fingerprint density at radius 1 is 1.03 bits per heavy atom. The number of hydrogen-bond donors (Lipinski definition) is 1. The minimum Gasteiger partial charge on any atom is -0.488 e. The van der Waals surface area contributed by atoms with E-state index in [1.807, 2.05) is 6.07 Å². The van der Waals surface area contributed by atoms with E-state index in [-0.39, 0.29) is 12.3 Å². The van der Waals surface area contributed by atoms with Gasteiger partial charge in [-0.05, 0) is 70.6 Å². The van der Waals surface area contributed by atoms with Crippen LogP contribution in [0, 0.1) is 3.57 Å². The minimum atomic E-state index is -4.48. The SMILES string of the molecule is O=C1Nc2cc(C(F)(F)F)ccc2/C1=C/c1ccc(OCc2ccc(Cl)cc2Cl)c(I)c1. The van der Waals surface area contributed by atoms with Crippen molar-refractivity contribution in [3.05, 3.63) is 90.5 Å². The molecule has 0 saturated carbocycles. The molecule has 9 heteroatoms. The Labute approximate surface area is 205 Å². The number of alkyl halides is 3. The van der Waals surface area contributed by atoms with Gasteiger partial charge in [0.05, 0.1) is 9.13 Å². The molecular formula is C23H13Cl2F3INO2. The van der Waals surface area contributed by atoms with E-state index in [4.69, 9.17) is 27.9 Å². The summed E-state index contributed by atoms with van der Waals surface area (Å²) in [6.07, 6.45) is -2.84. The summed E-state index contributed by atoms with van der Waals surface area (Å²) in [6, 6.07) is 13.7. The third-order valence-electron chi connectivity index (χ3n) is 4.80. The van der Waals surface area contributed by atoms with Crippen molar-refractivity contribution in [3.63, 3.8) is 0 Å². The highest BCUT2D eigenvalue weighted by Crippen LogP contribution is 2.38. The third kappa shape index (κ3) is 4.89. The Kier molecular flexibility index (Phi) is 6.42. The Hall–Kier alpha value is -2.23.